The highest BCUT2D eigenvalue weighted by atomic mass is 79.9. The second-order valence-electron chi connectivity index (χ2n) is 12.0. The molecule has 0 aliphatic heterocycles. The number of imidazole rings is 1. The molecular weight excluding hydrogens is 582 g/mol. The zero-order chi connectivity index (χ0) is 29.7. The van der Waals surface area contributed by atoms with Gasteiger partial charge in [0.25, 0.3) is 5.91 Å². The summed E-state index contributed by atoms with van der Waals surface area (Å²) in [5, 5.41) is 3.05. The largest absolute Gasteiger partial charge is 0.352 e. The molecule has 0 spiro atoms. The number of carbonyl (C=O) groups excluding carboxylic acids is 1. The summed E-state index contributed by atoms with van der Waals surface area (Å²) < 4.78 is 3.39. The van der Waals surface area contributed by atoms with Gasteiger partial charge in [0, 0.05) is 29.5 Å². The van der Waals surface area contributed by atoms with Crippen molar-refractivity contribution in [2.75, 3.05) is 6.54 Å². The van der Waals surface area contributed by atoms with Crippen molar-refractivity contribution < 1.29 is 4.79 Å². The van der Waals surface area contributed by atoms with Crippen molar-refractivity contribution in [3.05, 3.63) is 64.4 Å². The molecule has 1 aromatic heterocycles. The summed E-state index contributed by atoms with van der Waals surface area (Å²) in [4.78, 5) is 17.3. The molecule has 2 aromatic carbocycles. The Morgan fingerprint density at radius 3 is 1.95 bits per heavy atom. The minimum absolute atomic E-state index is 0.00287. The SMILES string of the molecule is CCCCCCCCCCCCCCCCCCn1c(CCCCCNC(=O)c2cccc(Br)c2)nc2ccccc21. The maximum atomic E-state index is 12.3. The number of hydrogen-bond donors (Lipinski definition) is 1. The molecule has 42 heavy (non-hydrogen) atoms. The standard InChI is InChI=1S/C37H56BrN3O/c1-2-3-4-5-6-7-8-9-10-11-12-13-14-15-16-22-30-41-35-27-20-19-26-34(35)40-36(41)28-18-17-21-29-39-37(42)32-24-23-25-33(38)31-32/h19-20,23-27,31H,2-18,21-22,28-30H2,1H3,(H,39,42). The Balaban J connectivity index is 1.24. The van der Waals surface area contributed by atoms with Gasteiger partial charge in [0.05, 0.1) is 11.0 Å². The lowest BCUT2D eigenvalue weighted by Crippen LogP contribution is -2.24. The van der Waals surface area contributed by atoms with Gasteiger partial charge >= 0.3 is 0 Å². The Labute approximate surface area is 264 Å². The van der Waals surface area contributed by atoms with Crippen LogP contribution in [0.3, 0.4) is 0 Å². The number of carbonyl (C=O) groups is 1. The number of amides is 1. The summed E-state index contributed by atoms with van der Waals surface area (Å²) in [5.74, 6) is 1.22. The van der Waals surface area contributed by atoms with Crippen LogP contribution in [0.5, 0.6) is 0 Å². The highest BCUT2D eigenvalue weighted by Crippen LogP contribution is 2.20. The zero-order valence-electron chi connectivity index (χ0n) is 26.4. The molecule has 0 saturated heterocycles. The maximum absolute atomic E-state index is 12.3. The second-order valence-corrected chi connectivity index (χ2v) is 13.0. The van der Waals surface area contributed by atoms with Gasteiger partial charge in [-0.1, -0.05) is 144 Å². The first-order chi connectivity index (χ1) is 20.7. The highest BCUT2D eigenvalue weighted by Gasteiger charge is 2.10. The second kappa shape index (κ2) is 21.5. The van der Waals surface area contributed by atoms with Crippen LogP contribution in [0, 0.1) is 0 Å². The number of unbranched alkanes of at least 4 members (excludes halogenated alkanes) is 17. The van der Waals surface area contributed by atoms with E-state index in [2.05, 4.69) is 57.0 Å². The van der Waals surface area contributed by atoms with E-state index in [1.54, 1.807) is 0 Å². The van der Waals surface area contributed by atoms with E-state index in [0.717, 1.165) is 42.2 Å². The van der Waals surface area contributed by atoms with Crippen molar-refractivity contribution in [3.63, 3.8) is 0 Å². The Hall–Kier alpha value is -2.14. The third-order valence-electron chi connectivity index (χ3n) is 8.42. The number of nitrogens with one attached hydrogen (secondary N) is 1. The van der Waals surface area contributed by atoms with Gasteiger partial charge in [0.2, 0.25) is 0 Å². The Bertz CT molecular complexity index is 1140. The van der Waals surface area contributed by atoms with Crippen LogP contribution in [-0.2, 0) is 13.0 Å². The van der Waals surface area contributed by atoms with E-state index in [9.17, 15) is 4.79 Å². The minimum atomic E-state index is -0.00287. The van der Waals surface area contributed by atoms with Crippen molar-refractivity contribution in [2.24, 2.45) is 0 Å². The Morgan fingerprint density at radius 1 is 0.714 bits per heavy atom. The smallest absolute Gasteiger partial charge is 0.251 e. The first-order valence-corrected chi connectivity index (χ1v) is 18.0. The quantitative estimate of drug-likeness (QED) is 0.0993. The van der Waals surface area contributed by atoms with E-state index in [-0.39, 0.29) is 5.91 Å². The van der Waals surface area contributed by atoms with Crippen LogP contribution in [0.15, 0.2) is 53.0 Å². The number of rotatable bonds is 24. The van der Waals surface area contributed by atoms with Gasteiger partial charge in [-0.3, -0.25) is 4.79 Å². The molecule has 0 unspecified atom stereocenters. The predicted octanol–water partition coefficient (Wildman–Crippen LogP) is 11.2. The molecule has 0 saturated carbocycles. The van der Waals surface area contributed by atoms with Gasteiger partial charge in [-0.2, -0.15) is 0 Å². The van der Waals surface area contributed by atoms with Gasteiger partial charge in [-0.25, -0.2) is 4.98 Å². The fourth-order valence-electron chi connectivity index (χ4n) is 5.90. The topological polar surface area (TPSA) is 46.9 Å². The normalized spacial score (nSPS) is 11.4. The lowest BCUT2D eigenvalue weighted by Gasteiger charge is -2.10. The molecule has 0 radical (unpaired) electrons. The molecule has 1 N–H and O–H groups in total. The van der Waals surface area contributed by atoms with Gasteiger partial charge in [0.15, 0.2) is 0 Å². The molecule has 4 nitrogen and oxygen atoms in total. The Morgan fingerprint density at radius 2 is 1.31 bits per heavy atom. The van der Waals surface area contributed by atoms with Crippen LogP contribution >= 0.6 is 15.9 Å². The monoisotopic (exact) mass is 637 g/mol. The van der Waals surface area contributed by atoms with Crippen LogP contribution < -0.4 is 5.32 Å². The Kier molecular flexibility index (Phi) is 17.6. The van der Waals surface area contributed by atoms with Gasteiger partial charge in [-0.05, 0) is 49.6 Å². The van der Waals surface area contributed by atoms with Gasteiger partial charge < -0.3 is 9.88 Å². The number of hydrogen-bond acceptors (Lipinski definition) is 2. The van der Waals surface area contributed by atoms with Crippen LogP contribution in [0.2, 0.25) is 0 Å². The molecule has 1 amide bonds. The van der Waals surface area contributed by atoms with Crippen LogP contribution in [0.25, 0.3) is 11.0 Å². The van der Waals surface area contributed by atoms with Crippen LogP contribution in [0.1, 0.15) is 145 Å². The third kappa shape index (κ3) is 13.4. The van der Waals surface area contributed by atoms with E-state index in [0.29, 0.717) is 12.1 Å². The number of halogens is 1. The molecule has 0 fully saturated rings. The molecule has 5 heteroatoms. The van der Waals surface area contributed by atoms with E-state index in [1.165, 1.54) is 114 Å². The van der Waals surface area contributed by atoms with Gasteiger partial charge in [-0.15, -0.1) is 0 Å². The minimum Gasteiger partial charge on any atom is -0.352 e. The molecule has 0 atom stereocenters. The maximum Gasteiger partial charge on any atom is 0.251 e. The zero-order valence-corrected chi connectivity index (χ0v) is 27.9. The molecule has 3 aromatic rings. The number of nitrogens with zero attached hydrogens (tertiary/aromatic N) is 2. The lowest BCUT2D eigenvalue weighted by atomic mass is 10.0. The summed E-state index contributed by atoms with van der Waals surface area (Å²) in [7, 11) is 0. The summed E-state index contributed by atoms with van der Waals surface area (Å²) in [5.41, 5.74) is 3.09. The van der Waals surface area contributed by atoms with Crippen molar-refractivity contribution in [3.8, 4) is 0 Å². The fourth-order valence-corrected chi connectivity index (χ4v) is 6.30. The molecule has 1 heterocycles. The van der Waals surface area contributed by atoms with E-state index in [4.69, 9.17) is 4.98 Å². The molecule has 232 valence electrons. The highest BCUT2D eigenvalue weighted by molar-refractivity contribution is 9.10. The molecule has 0 aliphatic rings. The van der Waals surface area contributed by atoms with E-state index >= 15 is 0 Å². The third-order valence-corrected chi connectivity index (χ3v) is 8.91. The van der Waals surface area contributed by atoms with Gasteiger partial charge in [0.1, 0.15) is 5.82 Å². The van der Waals surface area contributed by atoms with Crippen molar-refractivity contribution >= 4 is 32.9 Å². The van der Waals surface area contributed by atoms with E-state index in [1.807, 2.05) is 24.3 Å². The lowest BCUT2D eigenvalue weighted by molar-refractivity contribution is 0.0953. The first kappa shape index (κ1) is 34.4. The molecular formula is C37H56BrN3O. The summed E-state index contributed by atoms with van der Waals surface area (Å²) in [6, 6.07) is 16.1. The van der Waals surface area contributed by atoms with E-state index < -0.39 is 0 Å². The molecule has 0 bridgehead atoms. The molecule has 3 rings (SSSR count). The average molecular weight is 639 g/mol. The number of aromatic nitrogens is 2. The molecule has 0 aliphatic carbocycles. The number of para-hydroxylation sites is 2. The number of aryl methyl sites for hydroxylation is 2. The van der Waals surface area contributed by atoms with Crippen LogP contribution in [0.4, 0.5) is 0 Å². The fraction of sp³-hybridized carbons (Fsp3) is 0.622. The summed E-state index contributed by atoms with van der Waals surface area (Å²) >= 11 is 3.43. The summed E-state index contributed by atoms with van der Waals surface area (Å²) in [6.07, 6.45) is 26.6. The average Bonchev–Trinajstić information content (AvgIpc) is 3.35. The first-order valence-electron chi connectivity index (χ1n) is 17.2. The number of fused-ring (bicyclic) bond motifs is 1. The van der Waals surface area contributed by atoms with Crippen molar-refractivity contribution in [2.45, 2.75) is 142 Å². The predicted molar refractivity (Wildman–Crippen MR) is 183 cm³/mol. The summed E-state index contributed by atoms with van der Waals surface area (Å²) in [6.45, 7) is 4.07. The number of benzene rings is 2. The van der Waals surface area contributed by atoms with Crippen molar-refractivity contribution in [1.82, 2.24) is 14.9 Å². The van der Waals surface area contributed by atoms with Crippen LogP contribution in [-0.4, -0.2) is 22.0 Å². The van der Waals surface area contributed by atoms with Crippen molar-refractivity contribution in [1.29, 1.82) is 0 Å².